The summed E-state index contributed by atoms with van der Waals surface area (Å²) in [6, 6.07) is 19.2. The molecular weight excluding hydrogens is 444 g/mol. The van der Waals surface area contributed by atoms with E-state index in [1.165, 1.54) is 6.08 Å². The Morgan fingerprint density at radius 3 is 2.55 bits per heavy atom. The maximum Gasteiger partial charge on any atom is 0.293 e. The molecule has 5 rings (SSSR count). The molecule has 164 valence electrons. The van der Waals surface area contributed by atoms with Gasteiger partial charge in [0.05, 0.1) is 0 Å². The third-order valence-corrected chi connectivity index (χ3v) is 5.23. The summed E-state index contributed by atoms with van der Waals surface area (Å²) in [5.41, 5.74) is 2.09. The number of benzene rings is 3. The molecule has 1 aliphatic rings. The van der Waals surface area contributed by atoms with E-state index in [1.54, 1.807) is 66.7 Å². The Bertz CT molecular complexity index is 1390. The molecule has 2 amide bonds. The number of furan rings is 1. The highest BCUT2D eigenvalue weighted by molar-refractivity contribution is 6.30. The van der Waals surface area contributed by atoms with Crippen LogP contribution in [0.25, 0.3) is 17.0 Å². The first-order valence-corrected chi connectivity index (χ1v) is 10.4. The van der Waals surface area contributed by atoms with Crippen LogP contribution in [0.3, 0.4) is 0 Å². The summed E-state index contributed by atoms with van der Waals surface area (Å²) in [6.45, 7) is 0.178. The van der Waals surface area contributed by atoms with E-state index in [4.69, 9.17) is 25.5 Å². The number of carbonyl (C=O) groups is 2. The molecule has 4 aromatic rings. The van der Waals surface area contributed by atoms with E-state index in [0.29, 0.717) is 33.2 Å². The smallest absolute Gasteiger partial charge is 0.293 e. The molecule has 0 unspecified atom stereocenters. The molecule has 0 atom stereocenters. The number of para-hydroxylation sites is 1. The number of fused-ring (bicyclic) bond motifs is 2. The lowest BCUT2D eigenvalue weighted by molar-refractivity contribution is -0.111. The maximum absolute atomic E-state index is 12.9. The van der Waals surface area contributed by atoms with E-state index in [0.717, 1.165) is 5.56 Å². The van der Waals surface area contributed by atoms with Crippen LogP contribution in [0.5, 0.6) is 11.5 Å². The molecule has 1 aromatic heterocycles. The molecule has 7 nitrogen and oxygen atoms in total. The number of hydrogen-bond acceptors (Lipinski definition) is 5. The van der Waals surface area contributed by atoms with E-state index >= 15 is 0 Å². The van der Waals surface area contributed by atoms with Crippen LogP contribution in [-0.2, 0) is 4.79 Å². The van der Waals surface area contributed by atoms with Crippen molar-refractivity contribution in [1.29, 1.82) is 0 Å². The molecule has 0 radical (unpaired) electrons. The molecule has 0 aliphatic carbocycles. The van der Waals surface area contributed by atoms with E-state index < -0.39 is 11.8 Å². The monoisotopic (exact) mass is 460 g/mol. The zero-order chi connectivity index (χ0) is 22.8. The summed E-state index contributed by atoms with van der Waals surface area (Å²) in [4.78, 5) is 25.6. The van der Waals surface area contributed by atoms with Crippen molar-refractivity contribution in [3.8, 4) is 11.5 Å². The Morgan fingerprint density at radius 2 is 1.70 bits per heavy atom. The van der Waals surface area contributed by atoms with Gasteiger partial charge < -0.3 is 24.5 Å². The average Bonchev–Trinajstić information content (AvgIpc) is 3.44. The van der Waals surface area contributed by atoms with Gasteiger partial charge in [0.25, 0.3) is 5.91 Å². The van der Waals surface area contributed by atoms with Gasteiger partial charge in [0.2, 0.25) is 18.5 Å². The lowest BCUT2D eigenvalue weighted by atomic mass is 10.2. The Hall–Kier alpha value is -4.23. The van der Waals surface area contributed by atoms with Gasteiger partial charge in [-0.3, -0.25) is 9.59 Å². The second-order valence-electron chi connectivity index (χ2n) is 7.20. The van der Waals surface area contributed by atoms with Gasteiger partial charge in [-0.15, -0.1) is 0 Å². The van der Waals surface area contributed by atoms with Gasteiger partial charge in [-0.1, -0.05) is 29.8 Å². The second kappa shape index (κ2) is 8.72. The standard InChI is InChI=1S/C25H17ClN2O5/c26-16-7-9-17(10-8-16)27-25(30)24-23(18-3-1-2-4-19(18)33-24)28-22(29)12-6-15-5-11-20-21(13-15)32-14-31-20/h1-13H,14H2,(H,27,30)(H,28,29)/b12-6-. The van der Waals surface area contributed by atoms with Crippen LogP contribution in [0.15, 0.2) is 77.2 Å². The van der Waals surface area contributed by atoms with Crippen molar-refractivity contribution in [2.75, 3.05) is 17.4 Å². The van der Waals surface area contributed by atoms with Crippen LogP contribution in [0, 0.1) is 0 Å². The van der Waals surface area contributed by atoms with Crippen molar-refractivity contribution >= 4 is 51.8 Å². The Kier molecular flexibility index (Phi) is 5.46. The highest BCUT2D eigenvalue weighted by Crippen LogP contribution is 2.33. The first-order chi connectivity index (χ1) is 16.1. The minimum Gasteiger partial charge on any atom is -0.454 e. The van der Waals surface area contributed by atoms with Crippen LogP contribution in [0.2, 0.25) is 5.02 Å². The van der Waals surface area contributed by atoms with Crippen molar-refractivity contribution in [2.24, 2.45) is 0 Å². The van der Waals surface area contributed by atoms with Crippen molar-refractivity contribution in [3.63, 3.8) is 0 Å². The third kappa shape index (κ3) is 4.40. The quantitative estimate of drug-likeness (QED) is 0.372. The van der Waals surface area contributed by atoms with E-state index in [2.05, 4.69) is 10.6 Å². The molecule has 8 heteroatoms. The fraction of sp³-hybridized carbons (Fsp3) is 0.0400. The fourth-order valence-electron chi connectivity index (χ4n) is 3.40. The molecule has 33 heavy (non-hydrogen) atoms. The van der Waals surface area contributed by atoms with Gasteiger partial charge in [0, 0.05) is 22.2 Å². The summed E-state index contributed by atoms with van der Waals surface area (Å²) in [5, 5.41) is 6.70. The minimum atomic E-state index is -0.497. The van der Waals surface area contributed by atoms with Crippen LogP contribution >= 0.6 is 11.6 Å². The average molecular weight is 461 g/mol. The molecule has 0 saturated carbocycles. The summed E-state index contributed by atoms with van der Waals surface area (Å²) in [7, 11) is 0. The van der Waals surface area contributed by atoms with E-state index in [9.17, 15) is 9.59 Å². The Balaban J connectivity index is 1.39. The van der Waals surface area contributed by atoms with Crippen molar-refractivity contribution < 1.29 is 23.5 Å². The second-order valence-corrected chi connectivity index (χ2v) is 7.64. The number of nitrogens with one attached hydrogen (secondary N) is 2. The van der Waals surface area contributed by atoms with Crippen molar-refractivity contribution in [3.05, 3.63) is 89.2 Å². The normalized spacial score (nSPS) is 12.3. The molecular formula is C25H17ClN2O5. The first-order valence-electron chi connectivity index (χ1n) is 10.0. The molecule has 0 saturated heterocycles. The van der Waals surface area contributed by atoms with Gasteiger partial charge in [0.1, 0.15) is 11.3 Å². The molecule has 3 aromatic carbocycles. The van der Waals surface area contributed by atoms with Gasteiger partial charge in [-0.05, 0) is 60.2 Å². The predicted octanol–water partition coefficient (Wildman–Crippen LogP) is 5.72. The highest BCUT2D eigenvalue weighted by Gasteiger charge is 2.22. The summed E-state index contributed by atoms with van der Waals surface area (Å²) in [6.07, 6.45) is 3.02. The van der Waals surface area contributed by atoms with Gasteiger partial charge >= 0.3 is 0 Å². The Morgan fingerprint density at radius 1 is 0.909 bits per heavy atom. The number of carbonyl (C=O) groups excluding carboxylic acids is 2. The lowest BCUT2D eigenvalue weighted by Crippen LogP contribution is -2.15. The van der Waals surface area contributed by atoms with Crippen LogP contribution in [0.1, 0.15) is 16.1 Å². The van der Waals surface area contributed by atoms with Crippen molar-refractivity contribution in [1.82, 2.24) is 0 Å². The van der Waals surface area contributed by atoms with E-state index in [1.807, 2.05) is 6.07 Å². The zero-order valence-corrected chi connectivity index (χ0v) is 17.9. The number of hydrogen-bond donors (Lipinski definition) is 2. The molecule has 1 aliphatic heterocycles. The number of halogens is 1. The zero-order valence-electron chi connectivity index (χ0n) is 17.1. The van der Waals surface area contributed by atoms with Gasteiger partial charge in [-0.25, -0.2) is 0 Å². The molecule has 0 bridgehead atoms. The van der Waals surface area contributed by atoms with Crippen LogP contribution in [-0.4, -0.2) is 18.6 Å². The largest absolute Gasteiger partial charge is 0.454 e. The van der Waals surface area contributed by atoms with Crippen LogP contribution in [0.4, 0.5) is 11.4 Å². The third-order valence-electron chi connectivity index (χ3n) is 4.98. The summed E-state index contributed by atoms with van der Waals surface area (Å²) >= 11 is 5.90. The minimum absolute atomic E-state index is 0.00372. The molecule has 0 fully saturated rings. The summed E-state index contributed by atoms with van der Waals surface area (Å²) < 4.78 is 16.4. The van der Waals surface area contributed by atoms with Gasteiger partial charge in [0.15, 0.2) is 11.5 Å². The maximum atomic E-state index is 12.9. The van der Waals surface area contributed by atoms with Crippen molar-refractivity contribution in [2.45, 2.75) is 0 Å². The number of anilines is 2. The fourth-order valence-corrected chi connectivity index (χ4v) is 3.53. The van der Waals surface area contributed by atoms with Gasteiger partial charge in [-0.2, -0.15) is 0 Å². The Labute approximate surface area is 193 Å². The highest BCUT2D eigenvalue weighted by atomic mass is 35.5. The first kappa shape index (κ1) is 20.7. The topological polar surface area (TPSA) is 89.8 Å². The molecule has 0 spiro atoms. The predicted molar refractivity (Wildman–Crippen MR) is 126 cm³/mol. The number of rotatable bonds is 5. The molecule has 2 heterocycles. The van der Waals surface area contributed by atoms with Crippen LogP contribution < -0.4 is 20.1 Å². The van der Waals surface area contributed by atoms with E-state index in [-0.39, 0.29) is 18.2 Å². The lowest BCUT2D eigenvalue weighted by Gasteiger charge is -2.06. The number of ether oxygens (including phenoxy) is 2. The number of amides is 2. The molecule has 2 N–H and O–H groups in total. The summed E-state index contributed by atoms with van der Waals surface area (Å²) in [5.74, 6) is 0.372. The SMILES string of the molecule is O=C(/C=C\c1ccc2c(c1)OCO2)Nc1c(C(=O)Nc2ccc(Cl)cc2)oc2ccccc12.